The van der Waals surface area contributed by atoms with Crippen LogP contribution >= 0.6 is 56.8 Å². The molecule has 0 saturated carbocycles. The maximum absolute atomic E-state index is 13.6. The average molecular weight is 772 g/mol. The molecule has 0 aliphatic rings. The number of hydrogen-bond acceptors (Lipinski definition) is 5. The summed E-state index contributed by atoms with van der Waals surface area (Å²) in [7, 11) is 0. The normalized spacial score (nSPS) is 11.6. The summed E-state index contributed by atoms with van der Waals surface area (Å²) in [5, 5.41) is 6.46. The van der Waals surface area contributed by atoms with Crippen LogP contribution in [0.15, 0.2) is 99.2 Å². The Morgan fingerprint density at radius 3 is 2.60 bits per heavy atom. The monoisotopic (exact) mass is 771 g/mol. The Morgan fingerprint density at radius 2 is 1.80 bits per heavy atom. The molecule has 198 valence electrons. The van der Waals surface area contributed by atoms with Crippen LogP contribution in [0.3, 0.4) is 0 Å². The Hall–Kier alpha value is -3.22. The topological polar surface area (TPSA) is 69.6 Å². The van der Waals surface area contributed by atoms with Crippen molar-refractivity contribution in [3.05, 3.63) is 124 Å². The fourth-order valence-corrected chi connectivity index (χ4v) is 6.70. The summed E-state index contributed by atoms with van der Waals surface area (Å²) in [6.07, 6.45) is 1.65. The van der Waals surface area contributed by atoms with E-state index in [1.807, 2.05) is 42.5 Å². The molecule has 2 aromatic heterocycles. The van der Waals surface area contributed by atoms with Crippen molar-refractivity contribution < 1.29 is 9.15 Å². The Labute approximate surface area is 261 Å². The number of ether oxygens (including phenoxy) is 1. The second kappa shape index (κ2) is 11.3. The second-order valence-corrected chi connectivity index (χ2v) is 12.0. The summed E-state index contributed by atoms with van der Waals surface area (Å²) in [6.45, 7) is 2.54. The Morgan fingerprint density at radius 1 is 1.00 bits per heavy atom. The van der Waals surface area contributed by atoms with Crippen molar-refractivity contribution in [1.82, 2.24) is 9.66 Å². The first-order valence-electron chi connectivity index (χ1n) is 12.3. The number of hydrogen-bond donors (Lipinski definition) is 0. The average Bonchev–Trinajstić information content (AvgIpc) is 3.35. The number of aryl methyl sites for hydroxylation is 1. The van der Waals surface area contributed by atoms with Crippen molar-refractivity contribution in [2.75, 3.05) is 0 Å². The van der Waals surface area contributed by atoms with Gasteiger partial charge in [-0.15, -0.1) is 0 Å². The van der Waals surface area contributed by atoms with Gasteiger partial charge >= 0.3 is 0 Å². The number of para-hydroxylation sites is 1. The van der Waals surface area contributed by atoms with Crippen molar-refractivity contribution in [2.45, 2.75) is 13.5 Å². The number of benzene rings is 4. The molecular formula is C31H20ClI2N3O3. The molecule has 2 heterocycles. The largest absolute Gasteiger partial charge is 0.487 e. The van der Waals surface area contributed by atoms with Crippen LogP contribution in [0, 0.1) is 14.1 Å². The van der Waals surface area contributed by atoms with E-state index in [0.29, 0.717) is 39.7 Å². The van der Waals surface area contributed by atoms with Gasteiger partial charge in [0.15, 0.2) is 5.76 Å². The van der Waals surface area contributed by atoms with Gasteiger partial charge in [-0.05, 0) is 112 Å². The lowest BCUT2D eigenvalue weighted by Crippen LogP contribution is -2.20. The molecule has 6 nitrogen and oxygen atoms in total. The fraction of sp³-hybridized carbons (Fsp3) is 0.0645. The number of nitrogens with zero attached hydrogens (tertiary/aromatic N) is 3. The number of fused-ring (bicyclic) bond motifs is 2. The quantitative estimate of drug-likeness (QED) is 0.126. The van der Waals surface area contributed by atoms with E-state index in [1.165, 1.54) is 10.2 Å². The van der Waals surface area contributed by atoms with E-state index in [-0.39, 0.29) is 5.56 Å². The standard InChI is InChI=1S/C31H20ClI2N3O3/c1-18-5-4-6-19(11-18)17-39-29-24(33)12-20(13-25(29)34)16-35-37-30(36-26-8-3-2-7-23(26)31(37)38)28-15-21-14-22(32)9-10-27(21)40-28/h2-16H,17H2,1H3. The predicted molar refractivity (Wildman–Crippen MR) is 177 cm³/mol. The number of aromatic nitrogens is 2. The van der Waals surface area contributed by atoms with E-state index in [4.69, 9.17) is 25.7 Å². The van der Waals surface area contributed by atoms with Crippen LogP contribution in [-0.2, 0) is 6.61 Å². The Balaban J connectivity index is 1.38. The SMILES string of the molecule is Cc1cccc(COc2c(I)cc(C=Nn3c(-c4cc5cc(Cl)ccc5o4)nc4ccccc4c3=O)cc2I)c1. The molecule has 0 saturated heterocycles. The molecule has 0 fully saturated rings. The van der Waals surface area contributed by atoms with Crippen molar-refractivity contribution in [2.24, 2.45) is 5.10 Å². The second-order valence-electron chi connectivity index (χ2n) is 9.20. The van der Waals surface area contributed by atoms with Crippen molar-refractivity contribution >= 4 is 84.9 Å². The molecule has 0 aliphatic carbocycles. The van der Waals surface area contributed by atoms with Gasteiger partial charge < -0.3 is 9.15 Å². The van der Waals surface area contributed by atoms with Crippen LogP contribution < -0.4 is 10.3 Å². The zero-order valence-corrected chi connectivity index (χ0v) is 26.1. The first-order chi connectivity index (χ1) is 19.4. The van der Waals surface area contributed by atoms with E-state index < -0.39 is 0 Å². The fourth-order valence-electron chi connectivity index (χ4n) is 4.39. The Kier molecular flexibility index (Phi) is 7.65. The third kappa shape index (κ3) is 5.52. The van der Waals surface area contributed by atoms with Gasteiger partial charge in [0, 0.05) is 10.4 Å². The maximum atomic E-state index is 13.6. The first kappa shape index (κ1) is 27.0. The van der Waals surface area contributed by atoms with Gasteiger partial charge in [-0.2, -0.15) is 9.78 Å². The van der Waals surface area contributed by atoms with Crippen LogP contribution in [0.2, 0.25) is 5.02 Å². The lowest BCUT2D eigenvalue weighted by Gasteiger charge is -2.12. The lowest BCUT2D eigenvalue weighted by molar-refractivity contribution is 0.301. The van der Waals surface area contributed by atoms with E-state index >= 15 is 0 Å². The molecule has 0 atom stereocenters. The summed E-state index contributed by atoms with van der Waals surface area (Å²) in [4.78, 5) is 18.3. The minimum absolute atomic E-state index is 0.294. The minimum atomic E-state index is -0.294. The molecule has 0 N–H and O–H groups in total. The van der Waals surface area contributed by atoms with Gasteiger partial charge in [0.2, 0.25) is 5.82 Å². The molecule has 4 aromatic carbocycles. The van der Waals surface area contributed by atoms with Gasteiger partial charge in [-0.3, -0.25) is 4.79 Å². The van der Waals surface area contributed by atoms with Crippen molar-refractivity contribution in [1.29, 1.82) is 0 Å². The van der Waals surface area contributed by atoms with Crippen molar-refractivity contribution in [3.8, 4) is 17.3 Å². The van der Waals surface area contributed by atoms with Gasteiger partial charge in [-0.25, -0.2) is 4.98 Å². The predicted octanol–water partition coefficient (Wildman–Crippen LogP) is 8.44. The zero-order chi connectivity index (χ0) is 27.8. The van der Waals surface area contributed by atoms with Gasteiger partial charge in [0.05, 0.1) is 24.3 Å². The van der Waals surface area contributed by atoms with Crippen LogP contribution in [0.5, 0.6) is 5.75 Å². The molecule has 9 heteroatoms. The smallest absolute Gasteiger partial charge is 0.282 e. The highest BCUT2D eigenvalue weighted by atomic mass is 127. The molecular weight excluding hydrogens is 752 g/mol. The molecule has 0 unspecified atom stereocenters. The zero-order valence-electron chi connectivity index (χ0n) is 21.1. The summed E-state index contributed by atoms with van der Waals surface area (Å²) in [6, 6.07) is 26.6. The molecule has 0 spiro atoms. The van der Waals surface area contributed by atoms with E-state index in [0.717, 1.165) is 29.4 Å². The number of halogens is 3. The van der Waals surface area contributed by atoms with Crippen LogP contribution in [0.4, 0.5) is 0 Å². The van der Waals surface area contributed by atoms with Crippen molar-refractivity contribution in [3.63, 3.8) is 0 Å². The molecule has 0 bridgehead atoms. The van der Waals surface area contributed by atoms with Crippen LogP contribution in [0.1, 0.15) is 16.7 Å². The molecule has 6 aromatic rings. The number of furan rings is 1. The van der Waals surface area contributed by atoms with Crippen LogP contribution in [0.25, 0.3) is 33.5 Å². The first-order valence-corrected chi connectivity index (χ1v) is 14.8. The third-order valence-corrected chi connectivity index (χ3v) is 8.10. The molecule has 6 rings (SSSR count). The third-order valence-electron chi connectivity index (χ3n) is 6.26. The molecule has 0 amide bonds. The maximum Gasteiger partial charge on any atom is 0.282 e. The Bertz CT molecular complexity index is 1980. The highest BCUT2D eigenvalue weighted by molar-refractivity contribution is 14.1. The molecule has 0 aliphatic heterocycles. The highest BCUT2D eigenvalue weighted by Crippen LogP contribution is 2.31. The molecule has 0 radical (unpaired) electrons. The summed E-state index contributed by atoms with van der Waals surface area (Å²) in [5.74, 6) is 1.53. The van der Waals surface area contributed by atoms with E-state index in [2.05, 4.69) is 75.4 Å². The van der Waals surface area contributed by atoms with Gasteiger partial charge in [0.1, 0.15) is 17.9 Å². The van der Waals surface area contributed by atoms with Gasteiger partial charge in [0.25, 0.3) is 5.56 Å². The summed E-state index contributed by atoms with van der Waals surface area (Å²) in [5.41, 5.74) is 4.04. The van der Waals surface area contributed by atoms with E-state index in [9.17, 15) is 4.79 Å². The highest BCUT2D eigenvalue weighted by Gasteiger charge is 2.17. The number of rotatable bonds is 6. The lowest BCUT2D eigenvalue weighted by atomic mass is 10.1. The van der Waals surface area contributed by atoms with Crippen LogP contribution in [-0.4, -0.2) is 15.9 Å². The summed E-state index contributed by atoms with van der Waals surface area (Å²) >= 11 is 10.7. The summed E-state index contributed by atoms with van der Waals surface area (Å²) < 4.78 is 15.4. The minimum Gasteiger partial charge on any atom is -0.487 e. The molecule has 40 heavy (non-hydrogen) atoms. The van der Waals surface area contributed by atoms with E-state index in [1.54, 1.807) is 30.5 Å². The van der Waals surface area contributed by atoms with Gasteiger partial charge in [-0.1, -0.05) is 53.6 Å².